The Morgan fingerprint density at radius 1 is 1.30 bits per heavy atom. The van der Waals surface area contributed by atoms with Crippen molar-refractivity contribution in [2.75, 3.05) is 17.7 Å². The van der Waals surface area contributed by atoms with Crippen molar-refractivity contribution in [3.63, 3.8) is 0 Å². The van der Waals surface area contributed by atoms with Crippen molar-refractivity contribution in [1.29, 1.82) is 0 Å². The van der Waals surface area contributed by atoms with Gasteiger partial charge in [-0.25, -0.2) is 0 Å². The number of nitrogens with two attached hydrogens (primary N) is 1. The number of nitrogens with zero attached hydrogens (tertiary/aromatic N) is 1. The molecule has 0 aromatic carbocycles. The molecule has 2 aliphatic carbocycles. The first-order valence-electron chi connectivity index (χ1n) is 7.82. The quantitative estimate of drug-likeness (QED) is 0.862. The van der Waals surface area contributed by atoms with Crippen molar-refractivity contribution < 1.29 is 4.74 Å². The molecule has 1 aromatic heterocycles. The minimum Gasteiger partial charge on any atom is -0.476 e. The zero-order valence-electron chi connectivity index (χ0n) is 12.3. The van der Waals surface area contributed by atoms with Gasteiger partial charge in [-0.15, -0.1) is 0 Å². The number of hydrogen-bond acceptors (Lipinski definition) is 4. The van der Waals surface area contributed by atoms with Crippen molar-refractivity contribution in [3.8, 4) is 5.88 Å². The number of rotatable bonds is 5. The highest BCUT2D eigenvalue weighted by Crippen LogP contribution is 2.33. The Hall–Kier alpha value is -1.45. The normalized spacial score (nSPS) is 21.4. The number of aromatic nitrogens is 1. The lowest BCUT2D eigenvalue weighted by molar-refractivity contribution is 0.290. The van der Waals surface area contributed by atoms with Gasteiger partial charge in [0.2, 0.25) is 5.88 Å². The number of nitrogens with one attached hydrogen (secondary N) is 1. The van der Waals surface area contributed by atoms with Crippen molar-refractivity contribution >= 4 is 11.5 Å². The first-order chi connectivity index (χ1) is 9.65. The lowest BCUT2D eigenvalue weighted by Crippen LogP contribution is -2.37. The summed E-state index contributed by atoms with van der Waals surface area (Å²) in [6, 6.07) is 3.85. The average molecular weight is 275 g/mol. The second-order valence-electron chi connectivity index (χ2n) is 6.59. The maximum absolute atomic E-state index is 5.95. The number of hydrogen-bond donors (Lipinski definition) is 2. The summed E-state index contributed by atoms with van der Waals surface area (Å²) >= 11 is 0. The molecular weight excluding hydrogens is 250 g/mol. The summed E-state index contributed by atoms with van der Waals surface area (Å²) < 4.78 is 5.75. The van der Waals surface area contributed by atoms with Crippen LogP contribution in [-0.4, -0.2) is 17.1 Å². The van der Waals surface area contributed by atoms with Crippen LogP contribution in [0.15, 0.2) is 12.1 Å². The number of pyridine rings is 1. The molecule has 2 saturated carbocycles. The van der Waals surface area contributed by atoms with Crippen LogP contribution in [0, 0.1) is 5.92 Å². The topological polar surface area (TPSA) is 60.2 Å². The summed E-state index contributed by atoms with van der Waals surface area (Å²) in [5, 5.41) is 3.58. The largest absolute Gasteiger partial charge is 0.476 e. The van der Waals surface area contributed by atoms with Gasteiger partial charge in [0.25, 0.3) is 0 Å². The van der Waals surface area contributed by atoms with E-state index in [0.29, 0.717) is 17.5 Å². The van der Waals surface area contributed by atoms with E-state index in [2.05, 4.69) is 17.2 Å². The first-order valence-corrected chi connectivity index (χ1v) is 7.82. The molecule has 0 amide bonds. The fourth-order valence-corrected chi connectivity index (χ4v) is 2.88. The highest BCUT2D eigenvalue weighted by Gasteiger charge is 2.27. The minimum absolute atomic E-state index is 0.162. The van der Waals surface area contributed by atoms with E-state index in [1.807, 2.05) is 12.1 Å². The highest BCUT2D eigenvalue weighted by atomic mass is 16.5. The van der Waals surface area contributed by atoms with Crippen LogP contribution in [0.1, 0.15) is 51.9 Å². The fraction of sp³-hybridized carbons (Fsp3) is 0.688. The van der Waals surface area contributed by atoms with Gasteiger partial charge < -0.3 is 15.8 Å². The standard InChI is InChI=1S/C16H25N3O/c1-16(9-3-2-4-10-16)19-14-8-7-13(17)15(18-14)20-11-12-5-6-12/h7-8,12H,2-6,9-11,17H2,1H3,(H,18,19). The molecule has 0 saturated heterocycles. The van der Waals surface area contributed by atoms with E-state index in [9.17, 15) is 0 Å². The van der Waals surface area contributed by atoms with Gasteiger partial charge in [0, 0.05) is 5.54 Å². The summed E-state index contributed by atoms with van der Waals surface area (Å²) in [4.78, 5) is 4.55. The molecule has 3 rings (SSSR count). The second-order valence-corrected chi connectivity index (χ2v) is 6.59. The van der Waals surface area contributed by atoms with E-state index in [-0.39, 0.29) is 5.54 Å². The Kier molecular flexibility index (Phi) is 3.72. The van der Waals surface area contributed by atoms with E-state index in [1.54, 1.807) is 0 Å². The Morgan fingerprint density at radius 3 is 2.75 bits per heavy atom. The lowest BCUT2D eigenvalue weighted by Gasteiger charge is -2.35. The number of ether oxygens (including phenoxy) is 1. The van der Waals surface area contributed by atoms with Gasteiger partial charge in [-0.1, -0.05) is 19.3 Å². The van der Waals surface area contributed by atoms with Crippen LogP contribution in [0.2, 0.25) is 0 Å². The summed E-state index contributed by atoms with van der Waals surface area (Å²) in [6.07, 6.45) is 8.90. The Morgan fingerprint density at radius 2 is 2.05 bits per heavy atom. The van der Waals surface area contributed by atoms with Crippen molar-refractivity contribution in [3.05, 3.63) is 12.1 Å². The van der Waals surface area contributed by atoms with Crippen LogP contribution in [0.3, 0.4) is 0 Å². The third-order valence-corrected chi connectivity index (χ3v) is 4.43. The molecule has 2 aliphatic rings. The Labute approximate surface area is 121 Å². The molecule has 0 aliphatic heterocycles. The van der Waals surface area contributed by atoms with Gasteiger partial charge in [-0.2, -0.15) is 4.98 Å². The van der Waals surface area contributed by atoms with E-state index in [4.69, 9.17) is 10.5 Å². The SMILES string of the molecule is CC1(Nc2ccc(N)c(OCC3CC3)n2)CCCCC1. The molecule has 0 unspecified atom stereocenters. The van der Waals surface area contributed by atoms with Gasteiger partial charge in [-0.05, 0) is 50.7 Å². The molecular formula is C16H25N3O. The average Bonchev–Trinajstić information content (AvgIpc) is 3.24. The minimum atomic E-state index is 0.162. The molecule has 4 nitrogen and oxygen atoms in total. The molecule has 1 aromatic rings. The maximum atomic E-state index is 5.95. The number of anilines is 2. The third kappa shape index (κ3) is 3.35. The molecule has 1 heterocycles. The Balaban J connectivity index is 1.67. The second kappa shape index (κ2) is 5.51. The van der Waals surface area contributed by atoms with Gasteiger partial charge in [0.05, 0.1) is 12.3 Å². The zero-order chi connectivity index (χ0) is 14.0. The van der Waals surface area contributed by atoms with Crippen LogP contribution < -0.4 is 15.8 Å². The predicted octanol–water partition coefficient (Wildman–Crippen LogP) is 3.59. The third-order valence-electron chi connectivity index (χ3n) is 4.43. The summed E-state index contributed by atoms with van der Waals surface area (Å²) in [5.41, 5.74) is 6.74. The van der Waals surface area contributed by atoms with Gasteiger partial charge in [0.15, 0.2) is 0 Å². The fourth-order valence-electron chi connectivity index (χ4n) is 2.88. The molecule has 0 spiro atoms. The van der Waals surface area contributed by atoms with E-state index in [1.165, 1.54) is 44.9 Å². The molecule has 2 fully saturated rings. The molecule has 4 heteroatoms. The Bertz CT molecular complexity index is 465. The van der Waals surface area contributed by atoms with Crippen molar-refractivity contribution in [2.45, 2.75) is 57.4 Å². The van der Waals surface area contributed by atoms with Crippen LogP contribution >= 0.6 is 0 Å². The molecule has 20 heavy (non-hydrogen) atoms. The van der Waals surface area contributed by atoms with Crippen molar-refractivity contribution in [2.24, 2.45) is 5.92 Å². The maximum Gasteiger partial charge on any atom is 0.239 e. The summed E-state index contributed by atoms with van der Waals surface area (Å²) in [5.74, 6) is 2.18. The van der Waals surface area contributed by atoms with Gasteiger partial charge in [-0.3, -0.25) is 0 Å². The van der Waals surface area contributed by atoms with Crippen LogP contribution in [0.4, 0.5) is 11.5 Å². The van der Waals surface area contributed by atoms with E-state index in [0.717, 1.165) is 12.4 Å². The van der Waals surface area contributed by atoms with E-state index >= 15 is 0 Å². The summed E-state index contributed by atoms with van der Waals surface area (Å²) in [6.45, 7) is 3.03. The highest BCUT2D eigenvalue weighted by molar-refractivity contribution is 5.54. The predicted molar refractivity (Wildman–Crippen MR) is 82.0 cm³/mol. The van der Waals surface area contributed by atoms with Crippen molar-refractivity contribution in [1.82, 2.24) is 4.98 Å². The van der Waals surface area contributed by atoms with Gasteiger partial charge >= 0.3 is 0 Å². The summed E-state index contributed by atoms with van der Waals surface area (Å²) in [7, 11) is 0. The van der Waals surface area contributed by atoms with Gasteiger partial charge in [0.1, 0.15) is 5.82 Å². The van der Waals surface area contributed by atoms with Crippen LogP contribution in [0.5, 0.6) is 5.88 Å². The monoisotopic (exact) mass is 275 g/mol. The van der Waals surface area contributed by atoms with E-state index < -0.39 is 0 Å². The molecule has 0 bridgehead atoms. The smallest absolute Gasteiger partial charge is 0.239 e. The lowest BCUT2D eigenvalue weighted by atomic mass is 9.83. The van der Waals surface area contributed by atoms with Crippen LogP contribution in [-0.2, 0) is 0 Å². The molecule has 0 radical (unpaired) electrons. The molecule has 110 valence electrons. The number of nitrogen functional groups attached to an aromatic ring is 1. The first kappa shape index (κ1) is 13.5. The molecule has 0 atom stereocenters. The van der Waals surface area contributed by atoms with Crippen LogP contribution in [0.25, 0.3) is 0 Å². The molecule has 3 N–H and O–H groups in total. The zero-order valence-corrected chi connectivity index (χ0v) is 12.3.